The van der Waals surface area contributed by atoms with Gasteiger partial charge in [0.25, 0.3) is 0 Å². The fourth-order valence-electron chi connectivity index (χ4n) is 4.93. The number of carbonyl (C=O) groups excluding carboxylic acids is 2. The number of ether oxygens (including phenoxy) is 2. The molecule has 0 amide bonds. The van der Waals surface area contributed by atoms with Crippen LogP contribution in [0.1, 0.15) is 59.5 Å². The molecule has 10 heteroatoms. The normalized spacial score (nSPS) is 11.3. The monoisotopic (exact) mass is 598 g/mol. The van der Waals surface area contributed by atoms with Gasteiger partial charge in [0.2, 0.25) is 0 Å². The van der Waals surface area contributed by atoms with Crippen molar-refractivity contribution in [1.29, 1.82) is 0 Å². The highest BCUT2D eigenvalue weighted by Gasteiger charge is 2.23. The van der Waals surface area contributed by atoms with Crippen LogP contribution in [0.2, 0.25) is 0 Å². The average Bonchev–Trinajstić information content (AvgIpc) is 3.80. The number of rotatable bonds is 13. The molecule has 0 radical (unpaired) electrons. The fourth-order valence-corrected chi connectivity index (χ4v) is 6.36. The van der Waals surface area contributed by atoms with Gasteiger partial charge in [-0.15, -0.1) is 22.7 Å². The summed E-state index contributed by atoms with van der Waals surface area (Å²) >= 11 is 2.98. The minimum absolute atomic E-state index is 0.352. The number of fused-ring (bicyclic) bond motifs is 2. The van der Waals surface area contributed by atoms with Crippen molar-refractivity contribution in [3.63, 3.8) is 0 Å². The molecule has 0 fully saturated rings. The van der Waals surface area contributed by atoms with Gasteiger partial charge < -0.3 is 9.47 Å². The molecule has 0 bridgehead atoms. The Morgan fingerprint density at radius 1 is 0.595 bits per heavy atom. The molecule has 4 heterocycles. The van der Waals surface area contributed by atoms with Crippen molar-refractivity contribution in [2.45, 2.75) is 38.5 Å². The number of aromatic nitrogens is 4. The van der Waals surface area contributed by atoms with E-state index < -0.39 is 0 Å². The predicted octanol–water partition coefficient (Wildman–Crippen LogP) is 7.79. The van der Waals surface area contributed by atoms with E-state index in [0.29, 0.717) is 36.0 Å². The zero-order chi connectivity index (χ0) is 28.7. The molecule has 8 nitrogen and oxygen atoms in total. The van der Waals surface area contributed by atoms with E-state index in [-0.39, 0.29) is 11.9 Å². The van der Waals surface area contributed by atoms with Crippen LogP contribution in [0.15, 0.2) is 83.8 Å². The third-order valence-corrected chi connectivity index (χ3v) is 8.52. The summed E-state index contributed by atoms with van der Waals surface area (Å²) in [5.41, 5.74) is 4.03. The van der Waals surface area contributed by atoms with E-state index in [4.69, 9.17) is 9.47 Å². The first-order valence-electron chi connectivity index (χ1n) is 14.1. The lowest BCUT2D eigenvalue weighted by Gasteiger charge is -2.07. The topological polar surface area (TPSA) is 87.2 Å². The largest absolute Gasteiger partial charge is 0.461 e. The number of hydrogen-bond acceptors (Lipinski definition) is 8. The van der Waals surface area contributed by atoms with Gasteiger partial charge in [0.15, 0.2) is 21.3 Å². The van der Waals surface area contributed by atoms with Gasteiger partial charge in [0.1, 0.15) is 11.4 Å². The number of imidazole rings is 2. The van der Waals surface area contributed by atoms with Gasteiger partial charge in [0, 0.05) is 34.3 Å². The molecule has 0 saturated heterocycles. The van der Waals surface area contributed by atoms with Crippen LogP contribution in [-0.2, 0) is 9.47 Å². The average molecular weight is 599 g/mol. The smallest absolute Gasteiger partial charge is 0.357 e. The van der Waals surface area contributed by atoms with E-state index >= 15 is 0 Å². The van der Waals surface area contributed by atoms with Gasteiger partial charge in [-0.05, 0) is 12.8 Å². The van der Waals surface area contributed by atoms with Crippen LogP contribution in [0, 0.1) is 0 Å². The molecule has 214 valence electrons. The fraction of sp³-hybridized carbons (Fsp3) is 0.250. The van der Waals surface area contributed by atoms with Crippen LogP contribution < -0.4 is 0 Å². The first-order valence-corrected chi connectivity index (χ1v) is 15.8. The molecular weight excluding hydrogens is 569 g/mol. The summed E-state index contributed by atoms with van der Waals surface area (Å²) in [7, 11) is 0. The van der Waals surface area contributed by atoms with Gasteiger partial charge in [-0.25, -0.2) is 19.6 Å². The van der Waals surface area contributed by atoms with E-state index in [2.05, 4.69) is 9.97 Å². The van der Waals surface area contributed by atoms with E-state index in [1.807, 2.05) is 83.8 Å². The van der Waals surface area contributed by atoms with Gasteiger partial charge in [-0.1, -0.05) is 86.3 Å². The second kappa shape index (κ2) is 13.1. The summed E-state index contributed by atoms with van der Waals surface area (Å²) < 4.78 is 14.9. The quantitative estimate of drug-likeness (QED) is 0.0996. The number of benzene rings is 2. The lowest BCUT2D eigenvalue weighted by atomic mass is 10.1. The molecule has 4 aromatic heterocycles. The standard InChI is InChI=1S/C32H30N4O4S2/c37-29(27-25(23-13-7-5-8-14-23)33-31-35(27)17-21-41-31)39-19-11-3-1-2-4-12-20-40-30(38)28-26(24-15-9-6-10-16-24)34-32-36(28)18-22-42-32/h5-10,13-18,21-22H,1-4,11-12,19-20H2. The SMILES string of the molecule is O=C(OCCCCCCCCOC(=O)c1c(-c2ccccc2)nc2sccn12)c1c(-c2ccccc2)nc2sccn12. The van der Waals surface area contributed by atoms with Gasteiger partial charge >= 0.3 is 11.9 Å². The first-order chi connectivity index (χ1) is 20.7. The summed E-state index contributed by atoms with van der Waals surface area (Å²) in [6, 6.07) is 19.4. The summed E-state index contributed by atoms with van der Waals surface area (Å²) in [6.45, 7) is 0.738. The highest BCUT2D eigenvalue weighted by atomic mass is 32.1. The van der Waals surface area contributed by atoms with Crippen LogP contribution in [0.25, 0.3) is 32.4 Å². The molecular formula is C32H30N4O4S2. The molecule has 6 rings (SSSR count). The van der Waals surface area contributed by atoms with E-state index in [9.17, 15) is 9.59 Å². The van der Waals surface area contributed by atoms with Crippen molar-refractivity contribution < 1.29 is 19.1 Å². The van der Waals surface area contributed by atoms with Gasteiger partial charge in [-0.2, -0.15) is 0 Å². The Labute approximate surface area is 251 Å². The lowest BCUT2D eigenvalue weighted by Crippen LogP contribution is -2.10. The molecule has 42 heavy (non-hydrogen) atoms. The van der Waals surface area contributed by atoms with Gasteiger partial charge in [0.05, 0.1) is 13.2 Å². The third-order valence-electron chi connectivity index (χ3n) is 7.01. The van der Waals surface area contributed by atoms with Crippen molar-refractivity contribution in [2.75, 3.05) is 13.2 Å². The number of carbonyl (C=O) groups is 2. The molecule has 0 N–H and O–H groups in total. The van der Waals surface area contributed by atoms with Gasteiger partial charge in [-0.3, -0.25) is 8.80 Å². The lowest BCUT2D eigenvalue weighted by molar-refractivity contribution is 0.0477. The summed E-state index contributed by atoms with van der Waals surface area (Å²) in [6.07, 6.45) is 9.29. The van der Waals surface area contributed by atoms with E-state index in [1.165, 1.54) is 22.7 Å². The van der Waals surface area contributed by atoms with Crippen LogP contribution in [0.3, 0.4) is 0 Å². The van der Waals surface area contributed by atoms with Crippen molar-refractivity contribution in [3.8, 4) is 22.5 Å². The molecule has 0 aliphatic rings. The maximum atomic E-state index is 13.0. The molecule has 0 spiro atoms. The number of nitrogens with zero attached hydrogens (tertiary/aromatic N) is 4. The molecule has 0 atom stereocenters. The first kappa shape index (κ1) is 27.9. The molecule has 6 aromatic rings. The summed E-state index contributed by atoms with van der Waals surface area (Å²) in [5, 5.41) is 3.83. The highest BCUT2D eigenvalue weighted by molar-refractivity contribution is 7.15. The number of hydrogen-bond donors (Lipinski definition) is 0. The molecule has 0 unspecified atom stereocenters. The second-order valence-corrected chi connectivity index (χ2v) is 11.6. The Bertz CT molecular complexity index is 1650. The van der Waals surface area contributed by atoms with Crippen LogP contribution in [-0.4, -0.2) is 43.9 Å². The Balaban J connectivity index is 0.911. The Morgan fingerprint density at radius 2 is 1.00 bits per heavy atom. The zero-order valence-corrected chi connectivity index (χ0v) is 24.6. The zero-order valence-electron chi connectivity index (χ0n) is 23.0. The van der Waals surface area contributed by atoms with Crippen molar-refractivity contribution in [3.05, 3.63) is 95.2 Å². The Kier molecular flexibility index (Phi) is 8.72. The number of esters is 2. The summed E-state index contributed by atoms with van der Waals surface area (Å²) in [4.78, 5) is 36.8. The van der Waals surface area contributed by atoms with Crippen molar-refractivity contribution in [1.82, 2.24) is 18.8 Å². The molecule has 2 aromatic carbocycles. The van der Waals surface area contributed by atoms with Crippen molar-refractivity contribution in [2.24, 2.45) is 0 Å². The van der Waals surface area contributed by atoms with Crippen LogP contribution in [0.5, 0.6) is 0 Å². The minimum Gasteiger partial charge on any atom is -0.461 e. The Morgan fingerprint density at radius 3 is 1.43 bits per heavy atom. The van der Waals surface area contributed by atoms with Crippen LogP contribution in [0.4, 0.5) is 0 Å². The molecule has 0 aliphatic carbocycles. The molecule has 0 saturated carbocycles. The molecule has 0 aliphatic heterocycles. The second-order valence-electron chi connectivity index (χ2n) is 9.85. The summed E-state index contributed by atoms with van der Waals surface area (Å²) in [5.74, 6) is -0.704. The van der Waals surface area contributed by atoms with E-state index in [0.717, 1.165) is 59.6 Å². The van der Waals surface area contributed by atoms with Crippen molar-refractivity contribution >= 4 is 44.5 Å². The predicted molar refractivity (Wildman–Crippen MR) is 165 cm³/mol. The minimum atomic E-state index is -0.352. The van der Waals surface area contributed by atoms with Crippen LogP contribution >= 0.6 is 22.7 Å². The maximum absolute atomic E-state index is 13.0. The number of thiazole rings is 2. The maximum Gasteiger partial charge on any atom is 0.357 e. The third kappa shape index (κ3) is 6.00. The van der Waals surface area contributed by atoms with E-state index in [1.54, 1.807) is 8.80 Å². The highest BCUT2D eigenvalue weighted by Crippen LogP contribution is 2.28. The number of unbranched alkanes of at least 4 members (excludes halogenated alkanes) is 5. The Hall–Kier alpha value is -4.28.